The molecular formula is C24H30FN2O2+. The van der Waals surface area contributed by atoms with Crippen LogP contribution in [0.4, 0.5) is 4.39 Å². The summed E-state index contributed by atoms with van der Waals surface area (Å²) in [5.41, 5.74) is 3.23. The van der Waals surface area contributed by atoms with Gasteiger partial charge in [-0.05, 0) is 35.4 Å². The lowest BCUT2D eigenvalue weighted by molar-refractivity contribution is -0.917. The Morgan fingerprint density at radius 1 is 1.03 bits per heavy atom. The van der Waals surface area contributed by atoms with E-state index < -0.39 is 6.10 Å². The average molecular weight is 398 g/mol. The van der Waals surface area contributed by atoms with Crippen molar-refractivity contribution in [1.82, 2.24) is 4.57 Å². The van der Waals surface area contributed by atoms with Crippen molar-refractivity contribution in [1.29, 1.82) is 0 Å². The van der Waals surface area contributed by atoms with Crippen LogP contribution < -0.4 is 4.90 Å². The monoisotopic (exact) mass is 397 g/mol. The van der Waals surface area contributed by atoms with E-state index in [2.05, 4.69) is 10.6 Å². The Kier molecular flexibility index (Phi) is 7.99. The number of hydrogen-bond donors (Lipinski definition) is 2. The van der Waals surface area contributed by atoms with Crippen molar-refractivity contribution in [2.24, 2.45) is 0 Å². The van der Waals surface area contributed by atoms with Gasteiger partial charge in [-0.1, -0.05) is 42.5 Å². The van der Waals surface area contributed by atoms with Crippen molar-refractivity contribution < 1.29 is 19.1 Å². The lowest BCUT2D eigenvalue weighted by Gasteiger charge is -2.23. The maximum atomic E-state index is 13.5. The third kappa shape index (κ3) is 6.82. The third-order valence-electron chi connectivity index (χ3n) is 5.09. The summed E-state index contributed by atoms with van der Waals surface area (Å²) in [7, 11) is 1.70. The molecule has 0 spiro atoms. The zero-order valence-electron chi connectivity index (χ0n) is 16.9. The van der Waals surface area contributed by atoms with Gasteiger partial charge in [0.25, 0.3) is 0 Å². The smallest absolute Gasteiger partial charge is 0.123 e. The van der Waals surface area contributed by atoms with E-state index in [0.717, 1.165) is 29.9 Å². The van der Waals surface area contributed by atoms with Crippen LogP contribution in [-0.2, 0) is 24.2 Å². The Bertz CT molecular complexity index is 866. The van der Waals surface area contributed by atoms with Gasteiger partial charge in [0.05, 0.1) is 12.3 Å². The molecule has 4 nitrogen and oxygen atoms in total. The molecule has 3 aromatic rings. The molecule has 1 heterocycles. The second-order valence-corrected chi connectivity index (χ2v) is 7.47. The highest BCUT2D eigenvalue weighted by atomic mass is 19.1. The number of aromatic nitrogens is 1. The number of nitrogens with one attached hydrogen (secondary N) is 1. The number of ether oxygens (including phenoxy) is 1. The van der Waals surface area contributed by atoms with Crippen LogP contribution >= 0.6 is 0 Å². The fraction of sp³-hybridized carbons (Fsp3) is 0.333. The summed E-state index contributed by atoms with van der Waals surface area (Å²) in [5.74, 6) is -0.215. The highest BCUT2D eigenvalue weighted by Gasteiger charge is 2.18. The summed E-state index contributed by atoms with van der Waals surface area (Å²) in [6, 6.07) is 20.9. The van der Waals surface area contributed by atoms with E-state index >= 15 is 0 Å². The number of nitrogens with zero attached hydrogens (tertiary/aromatic N) is 1. The second-order valence-electron chi connectivity index (χ2n) is 7.47. The fourth-order valence-corrected chi connectivity index (χ4v) is 3.65. The van der Waals surface area contributed by atoms with Gasteiger partial charge in [-0.25, -0.2) is 4.39 Å². The Hall–Kier alpha value is -2.47. The van der Waals surface area contributed by atoms with E-state index in [1.165, 1.54) is 11.0 Å². The summed E-state index contributed by atoms with van der Waals surface area (Å²) >= 11 is 0. The average Bonchev–Trinajstić information content (AvgIpc) is 3.13. The molecule has 2 atom stereocenters. The Balaban J connectivity index is 1.64. The van der Waals surface area contributed by atoms with Crippen molar-refractivity contribution in [3.63, 3.8) is 0 Å². The zero-order valence-corrected chi connectivity index (χ0v) is 16.9. The molecule has 1 unspecified atom stereocenters. The van der Waals surface area contributed by atoms with Crippen LogP contribution in [0.1, 0.15) is 16.8 Å². The van der Waals surface area contributed by atoms with Crippen LogP contribution in [0, 0.1) is 5.82 Å². The second kappa shape index (κ2) is 10.9. The molecule has 2 aromatic carbocycles. The standard InChI is InChI=1S/C24H29FN2O2/c1-29-14-13-26(19-24(28)16-20-7-3-2-4-8-20)18-23-11-6-12-27(23)17-21-9-5-10-22(25)15-21/h2-12,15,24,28H,13-14,16-19H2,1H3/p+1/t24-/m1/s1. The minimum atomic E-state index is -0.420. The lowest BCUT2D eigenvalue weighted by atomic mass is 10.1. The summed E-state index contributed by atoms with van der Waals surface area (Å²) < 4.78 is 20.9. The molecular weight excluding hydrogens is 367 g/mol. The van der Waals surface area contributed by atoms with Crippen molar-refractivity contribution in [2.75, 3.05) is 26.8 Å². The molecule has 29 heavy (non-hydrogen) atoms. The van der Waals surface area contributed by atoms with E-state index in [0.29, 0.717) is 26.1 Å². The van der Waals surface area contributed by atoms with Gasteiger partial charge < -0.3 is 19.3 Å². The minimum absolute atomic E-state index is 0.215. The predicted molar refractivity (Wildman–Crippen MR) is 112 cm³/mol. The molecule has 2 N–H and O–H groups in total. The topological polar surface area (TPSA) is 38.8 Å². The van der Waals surface area contributed by atoms with Gasteiger partial charge in [-0.15, -0.1) is 0 Å². The first-order valence-corrected chi connectivity index (χ1v) is 10.1. The first kappa shape index (κ1) is 21.2. The number of hydrogen-bond acceptors (Lipinski definition) is 2. The van der Waals surface area contributed by atoms with Gasteiger partial charge in [0, 0.05) is 26.3 Å². The molecule has 3 rings (SSSR count). The van der Waals surface area contributed by atoms with Crippen molar-refractivity contribution in [3.05, 3.63) is 95.6 Å². The first-order chi connectivity index (χ1) is 14.1. The summed E-state index contributed by atoms with van der Waals surface area (Å²) in [4.78, 5) is 1.26. The molecule has 0 amide bonds. The lowest BCUT2D eigenvalue weighted by Crippen LogP contribution is -3.12. The van der Waals surface area contributed by atoms with Crippen molar-refractivity contribution in [2.45, 2.75) is 25.6 Å². The maximum absolute atomic E-state index is 13.5. The van der Waals surface area contributed by atoms with Crippen LogP contribution in [0.3, 0.4) is 0 Å². The highest BCUT2D eigenvalue weighted by molar-refractivity contribution is 5.19. The van der Waals surface area contributed by atoms with Gasteiger partial charge in [-0.3, -0.25) is 0 Å². The Morgan fingerprint density at radius 3 is 2.59 bits per heavy atom. The zero-order chi connectivity index (χ0) is 20.5. The molecule has 0 aliphatic carbocycles. The quantitative estimate of drug-likeness (QED) is 0.521. The van der Waals surface area contributed by atoms with Crippen LogP contribution in [0.25, 0.3) is 0 Å². The van der Waals surface area contributed by atoms with Gasteiger partial charge >= 0.3 is 0 Å². The molecule has 0 bridgehead atoms. The summed E-state index contributed by atoms with van der Waals surface area (Å²) in [5, 5.41) is 10.6. The molecule has 0 fully saturated rings. The predicted octanol–water partition coefficient (Wildman–Crippen LogP) is 2.31. The number of halogens is 1. The van der Waals surface area contributed by atoms with Crippen LogP contribution in [0.15, 0.2) is 72.9 Å². The van der Waals surface area contributed by atoms with Crippen molar-refractivity contribution >= 4 is 0 Å². The molecule has 0 aliphatic rings. The van der Waals surface area contributed by atoms with Gasteiger partial charge in [0.15, 0.2) is 0 Å². The molecule has 0 aliphatic heterocycles. The summed E-state index contributed by atoms with van der Waals surface area (Å²) in [6.07, 6.45) is 2.24. The molecule has 1 aromatic heterocycles. The van der Waals surface area contributed by atoms with E-state index in [9.17, 15) is 9.50 Å². The van der Waals surface area contributed by atoms with Gasteiger partial charge in [0.1, 0.15) is 31.6 Å². The van der Waals surface area contributed by atoms with E-state index in [4.69, 9.17) is 4.74 Å². The number of aliphatic hydroxyl groups is 1. The molecule has 154 valence electrons. The number of quaternary nitrogens is 1. The largest absolute Gasteiger partial charge is 0.387 e. The number of benzene rings is 2. The van der Waals surface area contributed by atoms with Crippen LogP contribution in [0.2, 0.25) is 0 Å². The van der Waals surface area contributed by atoms with E-state index in [-0.39, 0.29) is 5.82 Å². The number of aliphatic hydroxyl groups excluding tert-OH is 1. The highest BCUT2D eigenvalue weighted by Crippen LogP contribution is 2.09. The van der Waals surface area contributed by atoms with E-state index in [1.54, 1.807) is 19.2 Å². The molecule has 0 radical (unpaired) electrons. The van der Waals surface area contributed by atoms with Crippen molar-refractivity contribution in [3.8, 4) is 0 Å². The van der Waals surface area contributed by atoms with Gasteiger partial charge in [-0.2, -0.15) is 0 Å². The maximum Gasteiger partial charge on any atom is 0.123 e. The Labute approximate surface area is 172 Å². The molecule has 0 saturated carbocycles. The summed E-state index contributed by atoms with van der Waals surface area (Å²) in [6.45, 7) is 3.50. The third-order valence-corrected chi connectivity index (χ3v) is 5.09. The first-order valence-electron chi connectivity index (χ1n) is 10.1. The van der Waals surface area contributed by atoms with E-state index in [1.807, 2.05) is 48.7 Å². The fourth-order valence-electron chi connectivity index (χ4n) is 3.65. The number of rotatable bonds is 11. The minimum Gasteiger partial charge on any atom is -0.387 e. The Morgan fingerprint density at radius 2 is 1.83 bits per heavy atom. The van der Waals surface area contributed by atoms with Crippen LogP contribution in [0.5, 0.6) is 0 Å². The molecule has 0 saturated heterocycles. The normalized spacial score (nSPS) is 13.3. The SMILES string of the molecule is COCC[NH+](Cc1cccn1Cc1cccc(F)c1)C[C@H](O)Cc1ccccc1. The number of methoxy groups -OCH3 is 1. The van der Waals surface area contributed by atoms with Gasteiger partial charge in [0.2, 0.25) is 0 Å². The molecule has 5 heteroatoms. The van der Waals surface area contributed by atoms with Crippen LogP contribution in [-0.4, -0.2) is 42.6 Å².